The summed E-state index contributed by atoms with van der Waals surface area (Å²) in [5.74, 6) is -0.166. The summed E-state index contributed by atoms with van der Waals surface area (Å²) in [5.41, 5.74) is 0.00479. The van der Waals surface area contributed by atoms with Crippen LogP contribution in [-0.2, 0) is 10.2 Å². The zero-order chi connectivity index (χ0) is 17.2. The van der Waals surface area contributed by atoms with Gasteiger partial charge in [-0.2, -0.15) is 0 Å². The lowest BCUT2D eigenvalue weighted by molar-refractivity contribution is -0.385. The number of nitro groups is 2. The van der Waals surface area contributed by atoms with Crippen molar-refractivity contribution in [3.05, 3.63) is 79.9 Å². The molecule has 2 rings (SSSR count). The molecule has 0 atom stereocenters. The second-order valence-electron chi connectivity index (χ2n) is 5.29. The third kappa shape index (κ3) is 2.94. The van der Waals surface area contributed by atoms with Crippen LogP contribution in [0.1, 0.15) is 25.0 Å². The van der Waals surface area contributed by atoms with E-state index in [4.69, 9.17) is 0 Å². The first kappa shape index (κ1) is 16.3. The molecule has 0 heterocycles. The van der Waals surface area contributed by atoms with Gasteiger partial charge in [-0.15, -0.1) is 0 Å². The predicted octanol–water partition coefficient (Wildman–Crippen LogP) is 3.40. The van der Waals surface area contributed by atoms with Crippen LogP contribution in [0.15, 0.2) is 48.5 Å². The highest BCUT2D eigenvalue weighted by Gasteiger charge is 2.34. The van der Waals surface area contributed by atoms with Gasteiger partial charge in [0.25, 0.3) is 11.4 Å². The Morgan fingerprint density at radius 3 is 1.35 bits per heavy atom. The Labute approximate surface area is 131 Å². The fraction of sp³-hybridized carbons (Fsp3) is 0.188. The van der Waals surface area contributed by atoms with Gasteiger partial charge < -0.3 is 0 Å². The molecule has 0 fully saturated rings. The van der Waals surface area contributed by atoms with E-state index in [0.717, 1.165) is 0 Å². The van der Waals surface area contributed by atoms with Gasteiger partial charge in [0, 0.05) is 24.3 Å². The standard InChI is InChI=1S/C16H14N2O5/c1-11(19)16(2,12-3-7-14(8-4-12)17(20)21)13-5-9-15(10-6-13)18(22)23/h3-10H,1-2H3. The van der Waals surface area contributed by atoms with E-state index in [1.165, 1.54) is 55.5 Å². The molecule has 118 valence electrons. The molecule has 0 saturated heterocycles. The van der Waals surface area contributed by atoms with Crippen LogP contribution in [0.4, 0.5) is 11.4 Å². The number of hydrogen-bond donors (Lipinski definition) is 0. The number of nitrogens with zero attached hydrogens (tertiary/aromatic N) is 2. The molecule has 0 bridgehead atoms. The molecular formula is C16H14N2O5. The highest BCUT2D eigenvalue weighted by atomic mass is 16.6. The monoisotopic (exact) mass is 314 g/mol. The number of non-ortho nitro benzene ring substituents is 2. The van der Waals surface area contributed by atoms with Crippen molar-refractivity contribution in [2.24, 2.45) is 0 Å². The molecule has 0 aliphatic heterocycles. The Bertz CT molecular complexity index is 709. The van der Waals surface area contributed by atoms with Gasteiger partial charge in [0.2, 0.25) is 0 Å². The van der Waals surface area contributed by atoms with E-state index in [1.807, 2.05) is 0 Å². The van der Waals surface area contributed by atoms with Gasteiger partial charge in [-0.05, 0) is 25.0 Å². The number of carbonyl (C=O) groups excluding carboxylic acids is 1. The minimum atomic E-state index is -1.04. The Hall–Kier alpha value is -3.09. The number of hydrogen-bond acceptors (Lipinski definition) is 5. The minimum Gasteiger partial charge on any atom is -0.299 e. The second-order valence-corrected chi connectivity index (χ2v) is 5.29. The van der Waals surface area contributed by atoms with Crippen molar-refractivity contribution >= 4 is 17.2 Å². The Morgan fingerprint density at radius 2 is 1.13 bits per heavy atom. The molecule has 2 aromatic rings. The van der Waals surface area contributed by atoms with E-state index < -0.39 is 15.3 Å². The maximum absolute atomic E-state index is 12.2. The maximum Gasteiger partial charge on any atom is 0.269 e. The number of rotatable bonds is 5. The summed E-state index contributed by atoms with van der Waals surface area (Å²) in [6.07, 6.45) is 0. The van der Waals surface area contributed by atoms with Crippen molar-refractivity contribution in [2.75, 3.05) is 0 Å². The van der Waals surface area contributed by atoms with Gasteiger partial charge in [0.05, 0.1) is 15.3 Å². The van der Waals surface area contributed by atoms with Crippen molar-refractivity contribution in [1.29, 1.82) is 0 Å². The van der Waals surface area contributed by atoms with Crippen molar-refractivity contribution in [3.8, 4) is 0 Å². The molecule has 7 nitrogen and oxygen atoms in total. The van der Waals surface area contributed by atoms with E-state index in [0.29, 0.717) is 11.1 Å². The Kier molecular flexibility index (Phi) is 4.22. The fourth-order valence-electron chi connectivity index (χ4n) is 2.41. The molecule has 0 aliphatic rings. The van der Waals surface area contributed by atoms with Crippen LogP contribution in [0.5, 0.6) is 0 Å². The Balaban J connectivity index is 2.52. The molecule has 23 heavy (non-hydrogen) atoms. The first-order chi connectivity index (χ1) is 10.8. The number of benzene rings is 2. The summed E-state index contributed by atoms with van der Waals surface area (Å²) in [7, 11) is 0. The lowest BCUT2D eigenvalue weighted by Gasteiger charge is -2.27. The van der Waals surface area contributed by atoms with Crippen LogP contribution in [0.3, 0.4) is 0 Å². The van der Waals surface area contributed by atoms with Crippen molar-refractivity contribution in [1.82, 2.24) is 0 Å². The van der Waals surface area contributed by atoms with E-state index >= 15 is 0 Å². The van der Waals surface area contributed by atoms with E-state index in [2.05, 4.69) is 0 Å². The third-order valence-electron chi connectivity index (χ3n) is 4.02. The minimum absolute atomic E-state index is 0.0663. The maximum atomic E-state index is 12.2. The summed E-state index contributed by atoms with van der Waals surface area (Å²) in [6, 6.07) is 11.5. The number of nitro benzene ring substituents is 2. The highest BCUT2D eigenvalue weighted by molar-refractivity contribution is 5.91. The van der Waals surface area contributed by atoms with E-state index in [1.54, 1.807) is 6.92 Å². The molecule has 0 saturated carbocycles. The first-order valence-electron chi connectivity index (χ1n) is 6.77. The van der Waals surface area contributed by atoms with Gasteiger partial charge in [-0.1, -0.05) is 24.3 Å². The smallest absolute Gasteiger partial charge is 0.269 e. The largest absolute Gasteiger partial charge is 0.299 e. The third-order valence-corrected chi connectivity index (χ3v) is 4.02. The summed E-state index contributed by atoms with van der Waals surface area (Å²) in [4.78, 5) is 32.7. The van der Waals surface area contributed by atoms with E-state index in [9.17, 15) is 25.0 Å². The van der Waals surface area contributed by atoms with Gasteiger partial charge in [0.15, 0.2) is 0 Å². The van der Waals surface area contributed by atoms with Crippen LogP contribution in [0.25, 0.3) is 0 Å². The number of ketones is 1. The summed E-state index contributed by atoms with van der Waals surface area (Å²) in [5, 5.41) is 21.5. The molecule has 0 aliphatic carbocycles. The van der Waals surface area contributed by atoms with Gasteiger partial charge in [-0.25, -0.2) is 0 Å². The number of Topliss-reactive ketones (excluding diaryl/α,β-unsaturated/α-hetero) is 1. The molecule has 0 unspecified atom stereocenters. The van der Waals surface area contributed by atoms with Crippen molar-refractivity contribution in [2.45, 2.75) is 19.3 Å². The molecule has 0 amide bonds. The van der Waals surface area contributed by atoms with Gasteiger partial charge >= 0.3 is 0 Å². The molecule has 2 aromatic carbocycles. The molecule has 0 aromatic heterocycles. The molecule has 0 spiro atoms. The van der Waals surface area contributed by atoms with Crippen LogP contribution >= 0.6 is 0 Å². The molecular weight excluding hydrogens is 300 g/mol. The molecule has 0 N–H and O–H groups in total. The second kappa shape index (κ2) is 5.96. The normalized spacial score (nSPS) is 11.0. The molecule has 7 heteroatoms. The fourth-order valence-corrected chi connectivity index (χ4v) is 2.41. The van der Waals surface area contributed by atoms with Crippen LogP contribution in [-0.4, -0.2) is 15.6 Å². The highest BCUT2D eigenvalue weighted by Crippen LogP contribution is 2.34. The summed E-state index contributed by atoms with van der Waals surface area (Å²) < 4.78 is 0. The quantitative estimate of drug-likeness (QED) is 0.621. The zero-order valence-electron chi connectivity index (χ0n) is 12.6. The van der Waals surface area contributed by atoms with Gasteiger partial charge in [-0.3, -0.25) is 25.0 Å². The SMILES string of the molecule is CC(=O)C(C)(c1ccc([N+](=O)[O-])cc1)c1ccc([N+](=O)[O-])cc1. The topological polar surface area (TPSA) is 103 Å². The first-order valence-corrected chi connectivity index (χ1v) is 6.77. The predicted molar refractivity (Wildman–Crippen MR) is 83.3 cm³/mol. The van der Waals surface area contributed by atoms with Gasteiger partial charge in [0.1, 0.15) is 5.78 Å². The van der Waals surface area contributed by atoms with E-state index in [-0.39, 0.29) is 17.2 Å². The lowest BCUT2D eigenvalue weighted by atomic mass is 9.73. The van der Waals surface area contributed by atoms with Crippen molar-refractivity contribution in [3.63, 3.8) is 0 Å². The summed E-state index contributed by atoms with van der Waals surface area (Å²) in [6.45, 7) is 3.11. The lowest BCUT2D eigenvalue weighted by Crippen LogP contribution is -2.31. The van der Waals surface area contributed by atoms with Crippen LogP contribution < -0.4 is 0 Å². The average molecular weight is 314 g/mol. The van der Waals surface area contributed by atoms with Crippen LogP contribution in [0.2, 0.25) is 0 Å². The number of carbonyl (C=O) groups is 1. The summed E-state index contributed by atoms with van der Waals surface area (Å²) >= 11 is 0. The zero-order valence-corrected chi connectivity index (χ0v) is 12.6. The average Bonchev–Trinajstić information content (AvgIpc) is 2.54. The van der Waals surface area contributed by atoms with Crippen LogP contribution in [0, 0.1) is 20.2 Å². The Morgan fingerprint density at radius 1 is 0.826 bits per heavy atom. The van der Waals surface area contributed by atoms with Crippen molar-refractivity contribution < 1.29 is 14.6 Å². The molecule has 0 radical (unpaired) electrons.